The van der Waals surface area contributed by atoms with Gasteiger partial charge in [0.25, 0.3) is 0 Å². The van der Waals surface area contributed by atoms with Crippen LogP contribution in [-0.4, -0.2) is 27.6 Å². The first-order valence-electron chi connectivity index (χ1n) is 6.38. The zero-order valence-electron chi connectivity index (χ0n) is 10.6. The Kier molecular flexibility index (Phi) is 3.79. The quantitative estimate of drug-likeness (QED) is 0.857. The van der Waals surface area contributed by atoms with Crippen LogP contribution in [0, 0.1) is 5.41 Å². The first kappa shape index (κ1) is 12.8. The molecular formula is C13H19N3O2. The Balaban J connectivity index is 1.97. The van der Waals surface area contributed by atoms with E-state index in [4.69, 9.17) is 5.11 Å². The molecule has 1 aliphatic carbocycles. The van der Waals surface area contributed by atoms with E-state index in [-0.39, 0.29) is 5.69 Å². The van der Waals surface area contributed by atoms with Gasteiger partial charge in [0.2, 0.25) is 0 Å². The van der Waals surface area contributed by atoms with Gasteiger partial charge in [0, 0.05) is 6.54 Å². The zero-order valence-corrected chi connectivity index (χ0v) is 10.6. The molecule has 2 rings (SSSR count). The summed E-state index contributed by atoms with van der Waals surface area (Å²) in [5, 5.41) is 12.1. The Hall–Kier alpha value is -1.65. The zero-order chi connectivity index (χ0) is 13.0. The lowest BCUT2D eigenvalue weighted by molar-refractivity contribution is 0.0690. The third-order valence-electron chi connectivity index (χ3n) is 3.61. The Morgan fingerprint density at radius 3 is 2.78 bits per heavy atom. The van der Waals surface area contributed by atoms with E-state index in [0.717, 1.165) is 6.54 Å². The van der Waals surface area contributed by atoms with Crippen LogP contribution in [0.15, 0.2) is 12.4 Å². The van der Waals surface area contributed by atoms with Gasteiger partial charge in [0.05, 0.1) is 12.4 Å². The van der Waals surface area contributed by atoms with Crippen LogP contribution in [0.3, 0.4) is 0 Å². The molecule has 1 aromatic rings. The van der Waals surface area contributed by atoms with Gasteiger partial charge in [-0.2, -0.15) is 0 Å². The molecule has 98 valence electrons. The number of hydrogen-bond acceptors (Lipinski definition) is 4. The van der Waals surface area contributed by atoms with Crippen molar-refractivity contribution in [2.45, 2.75) is 39.0 Å². The molecule has 1 aromatic heterocycles. The minimum Gasteiger partial charge on any atom is -0.476 e. The lowest BCUT2D eigenvalue weighted by Crippen LogP contribution is -2.29. The number of carboxylic acids is 1. The Morgan fingerprint density at radius 1 is 1.39 bits per heavy atom. The Labute approximate surface area is 107 Å². The summed E-state index contributed by atoms with van der Waals surface area (Å²) in [6, 6.07) is 0. The van der Waals surface area contributed by atoms with Crippen LogP contribution in [0.1, 0.15) is 49.5 Å². The summed E-state index contributed by atoms with van der Waals surface area (Å²) in [7, 11) is 0. The summed E-state index contributed by atoms with van der Waals surface area (Å²) >= 11 is 0. The molecule has 1 heterocycles. The summed E-state index contributed by atoms with van der Waals surface area (Å²) in [5.74, 6) is -0.503. The van der Waals surface area contributed by atoms with Gasteiger partial charge in [-0.15, -0.1) is 0 Å². The third-order valence-corrected chi connectivity index (χ3v) is 3.61. The first-order valence-corrected chi connectivity index (χ1v) is 6.38. The highest BCUT2D eigenvalue weighted by molar-refractivity contribution is 5.85. The molecule has 1 saturated carbocycles. The van der Waals surface area contributed by atoms with Crippen molar-refractivity contribution in [2.75, 3.05) is 11.9 Å². The molecule has 2 N–H and O–H groups in total. The van der Waals surface area contributed by atoms with E-state index < -0.39 is 5.97 Å². The Morgan fingerprint density at radius 2 is 2.11 bits per heavy atom. The number of rotatable bonds is 4. The molecular weight excluding hydrogens is 230 g/mol. The van der Waals surface area contributed by atoms with Gasteiger partial charge in [-0.25, -0.2) is 9.78 Å². The van der Waals surface area contributed by atoms with Gasteiger partial charge in [-0.3, -0.25) is 4.98 Å². The van der Waals surface area contributed by atoms with Crippen LogP contribution in [0.4, 0.5) is 5.82 Å². The molecule has 0 amide bonds. The first-order chi connectivity index (χ1) is 8.59. The molecule has 0 aliphatic heterocycles. The molecule has 0 saturated heterocycles. The average Bonchev–Trinajstić information content (AvgIpc) is 2.38. The molecule has 0 bridgehead atoms. The van der Waals surface area contributed by atoms with Crippen molar-refractivity contribution < 1.29 is 9.90 Å². The third kappa shape index (κ3) is 3.18. The highest BCUT2D eigenvalue weighted by Crippen LogP contribution is 2.35. The van der Waals surface area contributed by atoms with E-state index in [1.54, 1.807) is 6.20 Å². The van der Waals surface area contributed by atoms with Gasteiger partial charge < -0.3 is 10.4 Å². The minimum absolute atomic E-state index is 0.0196. The largest absolute Gasteiger partial charge is 0.476 e. The predicted molar refractivity (Wildman–Crippen MR) is 68.7 cm³/mol. The molecule has 0 unspecified atom stereocenters. The molecule has 1 fully saturated rings. The maximum absolute atomic E-state index is 10.8. The second-order valence-electron chi connectivity index (χ2n) is 5.32. The van der Waals surface area contributed by atoms with Crippen molar-refractivity contribution in [1.29, 1.82) is 0 Å². The van der Waals surface area contributed by atoms with E-state index >= 15 is 0 Å². The van der Waals surface area contributed by atoms with Gasteiger partial charge in [0.1, 0.15) is 5.82 Å². The number of carbonyl (C=O) groups is 1. The second kappa shape index (κ2) is 5.33. The highest BCUT2D eigenvalue weighted by Gasteiger charge is 2.26. The predicted octanol–water partition coefficient (Wildman–Crippen LogP) is 2.56. The normalized spacial score (nSPS) is 18.3. The lowest BCUT2D eigenvalue weighted by Gasteiger charge is -2.33. The van der Waals surface area contributed by atoms with E-state index in [1.165, 1.54) is 38.3 Å². The smallest absolute Gasteiger partial charge is 0.356 e. The summed E-state index contributed by atoms with van der Waals surface area (Å²) in [6.07, 6.45) is 9.13. The van der Waals surface area contributed by atoms with Crippen LogP contribution in [0.25, 0.3) is 0 Å². The van der Waals surface area contributed by atoms with Gasteiger partial charge in [-0.1, -0.05) is 26.2 Å². The highest BCUT2D eigenvalue weighted by atomic mass is 16.4. The van der Waals surface area contributed by atoms with E-state index in [9.17, 15) is 4.79 Å². The SMILES string of the molecule is CC1(CNc2cncc(C(=O)O)n2)CCCCC1. The van der Waals surface area contributed by atoms with Gasteiger partial charge in [-0.05, 0) is 18.3 Å². The monoisotopic (exact) mass is 249 g/mol. The van der Waals surface area contributed by atoms with Crippen LogP contribution < -0.4 is 5.32 Å². The molecule has 0 spiro atoms. The van der Waals surface area contributed by atoms with Crippen molar-refractivity contribution in [3.63, 3.8) is 0 Å². The van der Waals surface area contributed by atoms with Crippen molar-refractivity contribution >= 4 is 11.8 Å². The fourth-order valence-corrected chi connectivity index (χ4v) is 2.44. The number of nitrogens with one attached hydrogen (secondary N) is 1. The second-order valence-corrected chi connectivity index (χ2v) is 5.32. The molecule has 0 aromatic carbocycles. The molecule has 0 atom stereocenters. The van der Waals surface area contributed by atoms with Crippen LogP contribution in [0.5, 0.6) is 0 Å². The van der Waals surface area contributed by atoms with Crippen molar-refractivity contribution in [2.24, 2.45) is 5.41 Å². The number of hydrogen-bond donors (Lipinski definition) is 2. The minimum atomic E-state index is -1.05. The van der Waals surface area contributed by atoms with Crippen molar-refractivity contribution in [3.8, 4) is 0 Å². The van der Waals surface area contributed by atoms with Crippen LogP contribution in [-0.2, 0) is 0 Å². The number of nitrogens with zero attached hydrogens (tertiary/aromatic N) is 2. The van der Waals surface area contributed by atoms with E-state index in [1.807, 2.05) is 0 Å². The topological polar surface area (TPSA) is 75.1 Å². The van der Waals surface area contributed by atoms with Gasteiger partial charge >= 0.3 is 5.97 Å². The number of carboxylic acid groups (broad SMARTS) is 1. The van der Waals surface area contributed by atoms with Crippen LogP contribution in [0.2, 0.25) is 0 Å². The maximum Gasteiger partial charge on any atom is 0.356 e. The molecule has 18 heavy (non-hydrogen) atoms. The summed E-state index contributed by atoms with van der Waals surface area (Å²) in [6.45, 7) is 3.10. The standard InChI is InChI=1S/C13H19N3O2/c1-13(5-3-2-4-6-13)9-15-11-8-14-7-10(16-11)12(17)18/h7-8H,2-6,9H2,1H3,(H,15,16)(H,17,18). The van der Waals surface area contributed by atoms with Crippen molar-refractivity contribution in [1.82, 2.24) is 9.97 Å². The van der Waals surface area contributed by atoms with E-state index in [0.29, 0.717) is 11.2 Å². The summed E-state index contributed by atoms with van der Waals surface area (Å²) < 4.78 is 0. The van der Waals surface area contributed by atoms with E-state index in [2.05, 4.69) is 22.2 Å². The average molecular weight is 249 g/mol. The fraction of sp³-hybridized carbons (Fsp3) is 0.615. The van der Waals surface area contributed by atoms with Gasteiger partial charge in [0.15, 0.2) is 5.69 Å². The van der Waals surface area contributed by atoms with Crippen molar-refractivity contribution in [3.05, 3.63) is 18.1 Å². The lowest BCUT2D eigenvalue weighted by atomic mass is 9.76. The number of aromatic nitrogens is 2. The van der Waals surface area contributed by atoms with Crippen LogP contribution >= 0.6 is 0 Å². The Bertz CT molecular complexity index is 428. The molecule has 5 heteroatoms. The fourth-order valence-electron chi connectivity index (χ4n) is 2.44. The summed E-state index contributed by atoms with van der Waals surface area (Å²) in [4.78, 5) is 18.7. The molecule has 1 aliphatic rings. The molecule has 0 radical (unpaired) electrons. The maximum atomic E-state index is 10.8. The molecule has 5 nitrogen and oxygen atoms in total. The summed E-state index contributed by atoms with van der Waals surface area (Å²) in [5.41, 5.74) is 0.271. The number of anilines is 1. The number of aromatic carboxylic acids is 1.